The SMILES string of the molecule is COc1ccc(NC(=O)Nc2ccc(C)n(CC(=O)Nc3ccc(C)c(C)c3)c2=O)cc1. The van der Waals surface area contributed by atoms with Gasteiger partial charge in [0.2, 0.25) is 5.91 Å². The minimum Gasteiger partial charge on any atom is -0.497 e. The minimum absolute atomic E-state index is 0.0700. The standard InChI is InChI=1S/C24H26N4O4/c1-15-5-7-19(13-16(15)2)25-22(29)14-28-17(3)6-12-21(23(28)30)27-24(31)26-18-8-10-20(32-4)11-9-18/h5-13H,14H2,1-4H3,(H,25,29)(H2,26,27,31). The molecule has 0 spiro atoms. The number of benzene rings is 2. The van der Waals surface area contributed by atoms with Crippen LogP contribution in [-0.2, 0) is 11.3 Å². The molecule has 32 heavy (non-hydrogen) atoms. The van der Waals surface area contributed by atoms with Crippen LogP contribution in [-0.4, -0.2) is 23.6 Å². The Morgan fingerprint density at radius 1 is 0.844 bits per heavy atom. The number of carbonyl (C=O) groups is 2. The molecule has 0 radical (unpaired) electrons. The Bertz CT molecular complexity index is 1200. The lowest BCUT2D eigenvalue weighted by Gasteiger charge is -2.14. The predicted octanol–water partition coefficient (Wildman–Crippen LogP) is 4.06. The fourth-order valence-corrected chi connectivity index (χ4v) is 3.08. The first kappa shape index (κ1) is 22.6. The third-order valence-corrected chi connectivity index (χ3v) is 5.08. The van der Waals surface area contributed by atoms with Crippen molar-refractivity contribution in [2.24, 2.45) is 0 Å². The molecule has 3 N–H and O–H groups in total. The van der Waals surface area contributed by atoms with E-state index in [1.54, 1.807) is 44.4 Å². The summed E-state index contributed by atoms with van der Waals surface area (Å²) in [5.74, 6) is 0.328. The zero-order valence-electron chi connectivity index (χ0n) is 18.5. The van der Waals surface area contributed by atoms with Gasteiger partial charge in [-0.1, -0.05) is 6.07 Å². The molecule has 2 aromatic carbocycles. The molecule has 0 aliphatic heterocycles. The van der Waals surface area contributed by atoms with Gasteiger partial charge in [0.1, 0.15) is 18.0 Å². The fraction of sp³-hybridized carbons (Fsp3) is 0.208. The van der Waals surface area contributed by atoms with E-state index in [0.29, 0.717) is 22.8 Å². The van der Waals surface area contributed by atoms with Crippen molar-refractivity contribution in [3.8, 4) is 5.75 Å². The van der Waals surface area contributed by atoms with Gasteiger partial charge < -0.3 is 25.3 Å². The molecule has 166 valence electrons. The van der Waals surface area contributed by atoms with E-state index in [2.05, 4.69) is 16.0 Å². The van der Waals surface area contributed by atoms with Gasteiger partial charge in [0, 0.05) is 17.1 Å². The van der Waals surface area contributed by atoms with Gasteiger partial charge in [0.15, 0.2) is 0 Å². The van der Waals surface area contributed by atoms with Crippen LogP contribution in [0.25, 0.3) is 0 Å². The van der Waals surface area contributed by atoms with E-state index in [4.69, 9.17) is 4.74 Å². The topological polar surface area (TPSA) is 101 Å². The van der Waals surface area contributed by atoms with Gasteiger partial charge in [0.25, 0.3) is 5.56 Å². The first-order chi connectivity index (χ1) is 15.3. The maximum absolute atomic E-state index is 12.9. The number of nitrogens with zero attached hydrogens (tertiary/aromatic N) is 1. The zero-order chi connectivity index (χ0) is 23.3. The molecule has 1 heterocycles. The average molecular weight is 434 g/mol. The summed E-state index contributed by atoms with van der Waals surface area (Å²) in [6.45, 7) is 5.51. The van der Waals surface area contributed by atoms with Gasteiger partial charge in [-0.25, -0.2) is 4.79 Å². The van der Waals surface area contributed by atoms with E-state index in [1.807, 2.05) is 32.0 Å². The number of hydrogen-bond acceptors (Lipinski definition) is 4. The molecule has 0 aliphatic carbocycles. The molecule has 0 aliphatic rings. The molecule has 0 bridgehead atoms. The van der Waals surface area contributed by atoms with Crippen molar-refractivity contribution in [2.45, 2.75) is 27.3 Å². The van der Waals surface area contributed by atoms with Gasteiger partial charge in [0.05, 0.1) is 7.11 Å². The smallest absolute Gasteiger partial charge is 0.323 e. The van der Waals surface area contributed by atoms with Crippen LogP contribution in [0.2, 0.25) is 0 Å². The summed E-state index contributed by atoms with van der Waals surface area (Å²) in [7, 11) is 1.56. The molecular weight excluding hydrogens is 408 g/mol. The van der Waals surface area contributed by atoms with E-state index in [9.17, 15) is 14.4 Å². The van der Waals surface area contributed by atoms with Crippen molar-refractivity contribution in [3.05, 3.63) is 81.8 Å². The number of nitrogens with one attached hydrogen (secondary N) is 3. The van der Waals surface area contributed by atoms with Crippen LogP contribution in [0.15, 0.2) is 59.4 Å². The van der Waals surface area contributed by atoms with Crippen molar-refractivity contribution in [3.63, 3.8) is 0 Å². The Morgan fingerprint density at radius 2 is 1.53 bits per heavy atom. The summed E-state index contributed by atoms with van der Waals surface area (Å²) >= 11 is 0. The number of urea groups is 1. The molecule has 0 unspecified atom stereocenters. The number of aryl methyl sites for hydroxylation is 3. The Kier molecular flexibility index (Phi) is 6.94. The number of methoxy groups -OCH3 is 1. The third kappa shape index (κ3) is 5.54. The predicted molar refractivity (Wildman–Crippen MR) is 126 cm³/mol. The fourth-order valence-electron chi connectivity index (χ4n) is 3.08. The number of carbonyl (C=O) groups excluding carboxylic acids is 2. The van der Waals surface area contributed by atoms with Gasteiger partial charge in [-0.15, -0.1) is 0 Å². The second kappa shape index (κ2) is 9.82. The summed E-state index contributed by atoms with van der Waals surface area (Å²) in [6.07, 6.45) is 0. The second-order valence-corrected chi connectivity index (χ2v) is 7.43. The van der Waals surface area contributed by atoms with Crippen molar-refractivity contribution < 1.29 is 14.3 Å². The Morgan fingerprint density at radius 3 is 2.19 bits per heavy atom. The molecule has 1 aromatic heterocycles. The van der Waals surface area contributed by atoms with E-state index in [0.717, 1.165) is 11.1 Å². The lowest BCUT2D eigenvalue weighted by atomic mass is 10.1. The Balaban J connectivity index is 1.70. The maximum Gasteiger partial charge on any atom is 0.323 e. The second-order valence-electron chi connectivity index (χ2n) is 7.43. The molecule has 8 heteroatoms. The van der Waals surface area contributed by atoms with Crippen LogP contribution in [0.4, 0.5) is 21.9 Å². The zero-order valence-corrected chi connectivity index (χ0v) is 18.5. The van der Waals surface area contributed by atoms with Crippen LogP contribution in [0.3, 0.4) is 0 Å². The molecule has 0 fully saturated rings. The highest BCUT2D eigenvalue weighted by molar-refractivity contribution is 5.99. The average Bonchev–Trinajstić information content (AvgIpc) is 2.76. The van der Waals surface area contributed by atoms with Crippen molar-refractivity contribution in [2.75, 3.05) is 23.1 Å². The summed E-state index contributed by atoms with van der Waals surface area (Å²) < 4.78 is 6.40. The van der Waals surface area contributed by atoms with Gasteiger partial charge >= 0.3 is 6.03 Å². The number of rotatable bonds is 6. The lowest BCUT2D eigenvalue weighted by molar-refractivity contribution is -0.116. The number of pyridine rings is 1. The molecule has 3 rings (SSSR count). The highest BCUT2D eigenvalue weighted by Crippen LogP contribution is 2.16. The van der Waals surface area contributed by atoms with Crippen LogP contribution < -0.4 is 26.2 Å². The highest BCUT2D eigenvalue weighted by atomic mass is 16.5. The molecule has 0 atom stereocenters. The monoisotopic (exact) mass is 434 g/mol. The largest absolute Gasteiger partial charge is 0.497 e. The van der Waals surface area contributed by atoms with Crippen LogP contribution in [0.5, 0.6) is 5.75 Å². The number of anilines is 3. The summed E-state index contributed by atoms with van der Waals surface area (Å²) in [4.78, 5) is 37.7. The van der Waals surface area contributed by atoms with Crippen LogP contribution >= 0.6 is 0 Å². The third-order valence-electron chi connectivity index (χ3n) is 5.08. The van der Waals surface area contributed by atoms with Gasteiger partial charge in [-0.05, 0) is 80.4 Å². The van der Waals surface area contributed by atoms with E-state index in [-0.39, 0.29) is 18.1 Å². The molecule has 0 saturated carbocycles. The molecule has 3 amide bonds. The first-order valence-electron chi connectivity index (χ1n) is 10.1. The van der Waals surface area contributed by atoms with E-state index < -0.39 is 11.6 Å². The van der Waals surface area contributed by atoms with Crippen molar-refractivity contribution in [1.29, 1.82) is 0 Å². The number of ether oxygens (including phenoxy) is 1. The highest BCUT2D eigenvalue weighted by Gasteiger charge is 2.13. The van der Waals surface area contributed by atoms with Crippen molar-refractivity contribution >= 4 is 29.0 Å². The molecular formula is C24H26N4O4. The number of amides is 3. The maximum atomic E-state index is 12.9. The quantitative estimate of drug-likeness (QED) is 0.544. The first-order valence-corrected chi connectivity index (χ1v) is 10.1. The van der Waals surface area contributed by atoms with Gasteiger partial charge in [-0.3, -0.25) is 9.59 Å². The van der Waals surface area contributed by atoms with Crippen LogP contribution in [0.1, 0.15) is 16.8 Å². The molecule has 3 aromatic rings. The van der Waals surface area contributed by atoms with Crippen LogP contribution in [0, 0.1) is 20.8 Å². The van der Waals surface area contributed by atoms with Crippen molar-refractivity contribution in [1.82, 2.24) is 4.57 Å². The Hall–Kier alpha value is -4.07. The minimum atomic E-state index is -0.567. The van der Waals surface area contributed by atoms with E-state index in [1.165, 1.54) is 10.6 Å². The lowest BCUT2D eigenvalue weighted by Crippen LogP contribution is -2.32. The number of aromatic nitrogens is 1. The summed E-state index contributed by atoms with van der Waals surface area (Å²) in [5, 5.41) is 8.00. The molecule has 0 saturated heterocycles. The van der Waals surface area contributed by atoms with Gasteiger partial charge in [-0.2, -0.15) is 0 Å². The molecule has 8 nitrogen and oxygen atoms in total. The number of hydrogen-bond donors (Lipinski definition) is 3. The van der Waals surface area contributed by atoms with E-state index >= 15 is 0 Å². The Labute approximate surface area is 186 Å². The normalized spacial score (nSPS) is 10.4. The summed E-state index contributed by atoms with van der Waals surface area (Å²) in [5.41, 5.74) is 3.60. The summed E-state index contributed by atoms with van der Waals surface area (Å²) in [6, 6.07) is 15.0.